The molecule has 2 nitrogen and oxygen atoms in total. The van der Waals surface area contributed by atoms with Crippen LogP contribution in [0.25, 0.3) is 0 Å². The van der Waals surface area contributed by atoms with Crippen molar-refractivity contribution < 1.29 is 48.3 Å². The average molecular weight is 505 g/mol. The predicted octanol–water partition coefficient (Wildman–Crippen LogP) is 7.21. The third kappa shape index (κ3) is 4.39. The van der Waals surface area contributed by atoms with Gasteiger partial charge in [-0.1, -0.05) is 20.8 Å². The summed E-state index contributed by atoms with van der Waals surface area (Å²) in [6.45, 7) is 7.50. The molecule has 0 fully saturated rings. The van der Waals surface area contributed by atoms with Crippen molar-refractivity contribution in [3.05, 3.63) is 69.3 Å². The summed E-state index contributed by atoms with van der Waals surface area (Å²) in [5.74, 6) is -25.0. The maximum absolute atomic E-state index is 14.5. The van der Waals surface area contributed by atoms with Gasteiger partial charge in [-0.05, 0) is 18.1 Å². The van der Waals surface area contributed by atoms with Crippen LogP contribution in [-0.4, -0.2) is 14.0 Å². The van der Waals surface area contributed by atoms with E-state index in [9.17, 15) is 43.9 Å². The fraction of sp³-hybridized carbons (Fsp3) is 0.350. The lowest BCUT2D eigenvalue weighted by molar-refractivity contribution is 0.227. The maximum atomic E-state index is 14.5. The van der Waals surface area contributed by atoms with E-state index in [4.69, 9.17) is 9.84 Å². The van der Waals surface area contributed by atoms with Gasteiger partial charge in [0.25, 0.3) is 0 Å². The van der Waals surface area contributed by atoms with Gasteiger partial charge in [-0.3, -0.25) is 0 Å². The van der Waals surface area contributed by atoms with Gasteiger partial charge in [0.1, 0.15) is 6.10 Å². The smallest absolute Gasteiger partial charge is 0.200 e. The molecule has 0 saturated carbocycles. The van der Waals surface area contributed by atoms with E-state index in [-0.39, 0.29) is 0 Å². The molecule has 0 spiro atoms. The first-order chi connectivity index (χ1) is 14.9. The minimum absolute atomic E-state index is 0.841. The van der Waals surface area contributed by atoms with Crippen LogP contribution in [0, 0.1) is 63.6 Å². The second-order valence-electron chi connectivity index (χ2n) is 8.60. The highest BCUT2D eigenvalue weighted by Crippen LogP contribution is 2.42. The van der Waals surface area contributed by atoms with Crippen molar-refractivity contribution in [2.75, 3.05) is 0 Å². The van der Waals surface area contributed by atoms with Crippen LogP contribution in [0.5, 0.6) is 0 Å². The van der Waals surface area contributed by atoms with E-state index in [1.165, 1.54) is 13.1 Å². The Hall–Kier alpha value is -2.41. The lowest BCUT2D eigenvalue weighted by atomic mass is 9.96. The van der Waals surface area contributed by atoms with Gasteiger partial charge in [-0.15, -0.1) is 0 Å². The molecular weight excluding hydrogens is 488 g/mol. The van der Waals surface area contributed by atoms with Crippen molar-refractivity contribution in [2.24, 2.45) is 0 Å². The van der Waals surface area contributed by atoms with E-state index in [0.717, 1.165) is 0 Å². The fourth-order valence-corrected chi connectivity index (χ4v) is 3.74. The minimum Gasteiger partial charge on any atom is -0.404 e. The van der Waals surface area contributed by atoms with Crippen LogP contribution in [0.15, 0.2) is 0 Å². The second-order valence-corrected chi connectivity index (χ2v) is 13.4. The van der Waals surface area contributed by atoms with Crippen molar-refractivity contribution in [1.82, 2.24) is 0 Å². The van der Waals surface area contributed by atoms with Gasteiger partial charge in [-0.2, -0.15) is 0 Å². The second kappa shape index (κ2) is 8.74. The number of halogens is 10. The van der Waals surface area contributed by atoms with E-state index in [0.29, 0.717) is 0 Å². The van der Waals surface area contributed by atoms with Crippen LogP contribution in [0.3, 0.4) is 0 Å². The lowest BCUT2D eigenvalue weighted by Gasteiger charge is -2.39. The predicted molar refractivity (Wildman–Crippen MR) is 100 cm³/mol. The van der Waals surface area contributed by atoms with Gasteiger partial charge in [-0.25, -0.2) is 43.9 Å². The van der Waals surface area contributed by atoms with Crippen molar-refractivity contribution in [3.8, 4) is 0 Å². The Balaban J connectivity index is 2.92. The van der Waals surface area contributed by atoms with Gasteiger partial charge in [0.15, 0.2) is 54.9 Å². The first kappa shape index (κ1) is 26.8. The molecule has 2 rings (SSSR count). The van der Waals surface area contributed by atoms with Gasteiger partial charge in [0.2, 0.25) is 11.6 Å². The van der Waals surface area contributed by atoms with E-state index in [1.54, 1.807) is 20.8 Å². The molecule has 1 N–H and O–H groups in total. The normalized spacial score (nSPS) is 13.4. The SMILES string of the molecule is CC(C)(C)[Si](C)(C)OC(C(=N)c1c(F)c(F)c(F)c(F)c1F)c1c(F)c(F)c(F)c(F)c1F. The summed E-state index contributed by atoms with van der Waals surface area (Å²) in [5, 5.41) is 7.19. The highest BCUT2D eigenvalue weighted by Gasteiger charge is 2.44. The molecule has 0 aliphatic rings. The molecule has 1 atom stereocenters. The van der Waals surface area contributed by atoms with Crippen LogP contribution in [-0.2, 0) is 4.43 Å². The molecule has 1 unspecified atom stereocenters. The van der Waals surface area contributed by atoms with E-state index in [2.05, 4.69) is 0 Å². The Labute approximate surface area is 182 Å². The summed E-state index contributed by atoms with van der Waals surface area (Å²) >= 11 is 0. The summed E-state index contributed by atoms with van der Waals surface area (Å²) in [4.78, 5) is 0. The molecule has 182 valence electrons. The van der Waals surface area contributed by atoms with E-state index in [1.807, 2.05) is 0 Å². The van der Waals surface area contributed by atoms with Crippen molar-refractivity contribution in [2.45, 2.75) is 45.0 Å². The Bertz CT molecular complexity index is 1090. The molecule has 0 bridgehead atoms. The number of nitrogens with one attached hydrogen (secondary N) is 1. The summed E-state index contributed by atoms with van der Waals surface area (Å²) in [5.41, 5.74) is -5.46. The zero-order valence-electron chi connectivity index (χ0n) is 17.8. The molecule has 0 amide bonds. The van der Waals surface area contributed by atoms with E-state index < -0.39 is 94.5 Å². The molecule has 0 aliphatic heterocycles. The molecule has 0 aliphatic carbocycles. The third-order valence-electron chi connectivity index (χ3n) is 5.47. The highest BCUT2D eigenvalue weighted by molar-refractivity contribution is 6.74. The van der Waals surface area contributed by atoms with Crippen LogP contribution in [0.4, 0.5) is 43.9 Å². The number of benzene rings is 2. The van der Waals surface area contributed by atoms with Crippen molar-refractivity contribution in [1.29, 1.82) is 5.41 Å². The maximum Gasteiger partial charge on any atom is 0.200 e. The minimum atomic E-state index is -3.33. The van der Waals surface area contributed by atoms with Crippen LogP contribution in [0.1, 0.15) is 38.0 Å². The Morgan fingerprint density at radius 3 is 1.27 bits per heavy atom. The first-order valence-electron chi connectivity index (χ1n) is 9.16. The quantitative estimate of drug-likeness (QED) is 0.151. The summed E-state index contributed by atoms with van der Waals surface area (Å²) < 4.78 is 145. The third-order valence-corrected chi connectivity index (χ3v) is 9.90. The Morgan fingerprint density at radius 2 is 0.939 bits per heavy atom. The summed E-state index contributed by atoms with van der Waals surface area (Å²) in [6, 6.07) is 0. The van der Waals surface area contributed by atoms with Gasteiger partial charge >= 0.3 is 0 Å². The molecule has 2 aromatic rings. The summed E-state index contributed by atoms with van der Waals surface area (Å²) in [6.07, 6.45) is -2.70. The molecule has 0 aromatic heterocycles. The first-order valence-corrected chi connectivity index (χ1v) is 12.1. The Morgan fingerprint density at radius 1 is 0.636 bits per heavy atom. The fourth-order valence-electron chi connectivity index (χ4n) is 2.56. The monoisotopic (exact) mass is 505 g/mol. The number of rotatable bonds is 5. The van der Waals surface area contributed by atoms with Crippen LogP contribution in [0.2, 0.25) is 18.1 Å². The van der Waals surface area contributed by atoms with Gasteiger partial charge < -0.3 is 9.84 Å². The molecule has 0 heterocycles. The molecule has 33 heavy (non-hydrogen) atoms. The highest BCUT2D eigenvalue weighted by atomic mass is 28.4. The number of hydrogen-bond donors (Lipinski definition) is 1. The topological polar surface area (TPSA) is 33.1 Å². The Kier molecular flexibility index (Phi) is 7.11. The van der Waals surface area contributed by atoms with Crippen LogP contribution < -0.4 is 0 Å². The average Bonchev–Trinajstić information content (AvgIpc) is 2.72. The number of hydrogen-bond acceptors (Lipinski definition) is 2. The molecule has 0 saturated heterocycles. The molecule has 0 radical (unpaired) electrons. The van der Waals surface area contributed by atoms with Crippen molar-refractivity contribution >= 4 is 14.0 Å². The zero-order valence-corrected chi connectivity index (χ0v) is 18.8. The zero-order chi connectivity index (χ0) is 25.8. The van der Waals surface area contributed by atoms with Crippen LogP contribution >= 0.6 is 0 Å². The molecule has 2 aromatic carbocycles. The largest absolute Gasteiger partial charge is 0.404 e. The molecular formula is C20H17F10NOSi. The van der Waals surface area contributed by atoms with E-state index >= 15 is 0 Å². The van der Waals surface area contributed by atoms with Crippen molar-refractivity contribution in [3.63, 3.8) is 0 Å². The lowest BCUT2D eigenvalue weighted by Crippen LogP contribution is -2.44. The van der Waals surface area contributed by atoms with Gasteiger partial charge in [0, 0.05) is 0 Å². The standard InChI is InChI=1S/C20H17F10NOSi/c1-20(2,3)33(4,5)32-19(7-10(23)14(27)17(30)15(28)11(7)24)18(31)6-8(21)12(25)16(29)13(26)9(6)22/h19,31H,1-5H3. The summed E-state index contributed by atoms with van der Waals surface area (Å²) in [7, 11) is -3.33. The molecule has 13 heteroatoms. The van der Waals surface area contributed by atoms with Gasteiger partial charge in [0.05, 0.1) is 16.8 Å².